The van der Waals surface area contributed by atoms with Crippen molar-refractivity contribution in [2.45, 2.75) is 39.8 Å². The zero-order valence-electron chi connectivity index (χ0n) is 11.7. The lowest BCUT2D eigenvalue weighted by Crippen LogP contribution is -2.24. The topological polar surface area (TPSA) is 59.8 Å². The number of rotatable bonds is 5. The van der Waals surface area contributed by atoms with Crippen LogP contribution in [0.2, 0.25) is 5.02 Å². The first-order valence-corrected chi connectivity index (χ1v) is 7.72. The number of nitrogens with one attached hydrogen (secondary N) is 1. The molecular weight excluding hydrogens is 296 g/mol. The maximum absolute atomic E-state index is 12.0. The Morgan fingerprint density at radius 3 is 2.90 bits per heavy atom. The number of aryl methyl sites for hydroxylation is 2. The van der Waals surface area contributed by atoms with Crippen molar-refractivity contribution >= 4 is 28.6 Å². The average molecular weight is 313 g/mol. The molecule has 0 fully saturated rings. The van der Waals surface area contributed by atoms with Crippen LogP contribution in [0.15, 0.2) is 16.4 Å². The van der Waals surface area contributed by atoms with E-state index in [1.54, 1.807) is 17.5 Å². The lowest BCUT2D eigenvalue weighted by atomic mass is 10.3. The van der Waals surface area contributed by atoms with Crippen molar-refractivity contribution in [2.24, 2.45) is 0 Å². The Morgan fingerprint density at radius 2 is 2.30 bits per heavy atom. The number of halogens is 1. The summed E-state index contributed by atoms with van der Waals surface area (Å²) >= 11 is 7.70. The number of thiazole rings is 1. The molecule has 0 aliphatic heterocycles. The van der Waals surface area contributed by atoms with Crippen LogP contribution in [0.1, 0.15) is 37.0 Å². The van der Waals surface area contributed by atoms with Crippen molar-refractivity contribution in [3.8, 4) is 0 Å². The van der Waals surface area contributed by atoms with Gasteiger partial charge in [-0.05, 0) is 20.3 Å². The Hall–Kier alpha value is -1.40. The summed E-state index contributed by atoms with van der Waals surface area (Å²) in [4.78, 5) is 16.4. The van der Waals surface area contributed by atoms with E-state index < -0.39 is 0 Å². The molecule has 2 aromatic rings. The Kier molecular flexibility index (Phi) is 4.77. The fraction of sp³-hybridized carbons (Fsp3) is 0.462. The largest absolute Gasteiger partial charge is 0.373 e. The summed E-state index contributed by atoms with van der Waals surface area (Å²) in [5, 5.41) is 10.4. The van der Waals surface area contributed by atoms with Crippen LogP contribution in [-0.4, -0.2) is 14.8 Å². The molecule has 108 valence electrons. The lowest BCUT2D eigenvalue weighted by Gasteiger charge is -2.14. The van der Waals surface area contributed by atoms with Gasteiger partial charge in [-0.2, -0.15) is 5.10 Å². The summed E-state index contributed by atoms with van der Waals surface area (Å²) < 4.78 is 1.38. The first-order chi connectivity index (χ1) is 9.52. The van der Waals surface area contributed by atoms with E-state index in [4.69, 9.17) is 11.6 Å². The number of hydrogen-bond donors (Lipinski definition) is 1. The van der Waals surface area contributed by atoms with Crippen molar-refractivity contribution in [3.05, 3.63) is 37.7 Å². The Bertz CT molecular complexity index is 652. The number of hydrogen-bond acceptors (Lipinski definition) is 5. The van der Waals surface area contributed by atoms with E-state index in [0.717, 1.165) is 17.1 Å². The fourth-order valence-electron chi connectivity index (χ4n) is 1.80. The smallest absolute Gasteiger partial charge is 0.287 e. The quantitative estimate of drug-likeness (QED) is 0.920. The van der Waals surface area contributed by atoms with Crippen LogP contribution >= 0.6 is 22.9 Å². The second-order valence-corrected chi connectivity index (χ2v) is 5.86. The third kappa shape index (κ3) is 3.19. The molecule has 0 saturated carbocycles. The van der Waals surface area contributed by atoms with Gasteiger partial charge in [0.15, 0.2) is 0 Å². The van der Waals surface area contributed by atoms with Crippen LogP contribution in [0, 0.1) is 6.92 Å². The van der Waals surface area contributed by atoms with Crippen LogP contribution in [0.5, 0.6) is 0 Å². The average Bonchev–Trinajstić information content (AvgIpc) is 2.85. The summed E-state index contributed by atoms with van der Waals surface area (Å²) in [6.45, 7) is 6.49. The van der Waals surface area contributed by atoms with Gasteiger partial charge in [0.1, 0.15) is 10.0 Å². The second kappa shape index (κ2) is 6.37. The van der Waals surface area contributed by atoms with Crippen molar-refractivity contribution < 1.29 is 0 Å². The van der Waals surface area contributed by atoms with E-state index in [1.165, 1.54) is 4.68 Å². The van der Waals surface area contributed by atoms with Crippen molar-refractivity contribution in [3.63, 3.8) is 0 Å². The van der Waals surface area contributed by atoms with Gasteiger partial charge >= 0.3 is 0 Å². The Morgan fingerprint density at radius 1 is 1.55 bits per heavy atom. The molecule has 0 saturated heterocycles. The molecule has 1 unspecified atom stereocenters. The highest BCUT2D eigenvalue weighted by Crippen LogP contribution is 2.24. The first-order valence-electron chi connectivity index (χ1n) is 6.47. The molecule has 0 radical (unpaired) electrons. The highest BCUT2D eigenvalue weighted by Gasteiger charge is 2.14. The van der Waals surface area contributed by atoms with Crippen LogP contribution in [0.25, 0.3) is 0 Å². The molecule has 5 nitrogen and oxygen atoms in total. The Labute approximate surface area is 126 Å². The minimum atomic E-state index is -0.263. The maximum atomic E-state index is 12.0. The van der Waals surface area contributed by atoms with Crippen molar-refractivity contribution in [1.29, 1.82) is 0 Å². The van der Waals surface area contributed by atoms with E-state index >= 15 is 0 Å². The normalized spacial score (nSPS) is 12.4. The molecule has 1 atom stereocenters. The molecule has 2 rings (SSSR count). The summed E-state index contributed by atoms with van der Waals surface area (Å²) in [6, 6.07) is -0.0191. The van der Waals surface area contributed by atoms with Gasteiger partial charge < -0.3 is 5.32 Å². The molecule has 0 aliphatic carbocycles. The molecule has 1 N–H and O–H groups in total. The van der Waals surface area contributed by atoms with E-state index in [-0.39, 0.29) is 16.6 Å². The molecule has 0 aromatic carbocycles. The molecular formula is C13H17ClN4OS. The number of anilines is 1. The summed E-state index contributed by atoms with van der Waals surface area (Å²) in [6.07, 6.45) is 2.43. The molecule has 0 amide bonds. The molecule has 0 bridgehead atoms. The SMILES string of the molecule is CCCn1ncc(NC(C)c2nc(C)cs2)c(Cl)c1=O. The molecule has 2 aromatic heterocycles. The van der Waals surface area contributed by atoms with Crippen molar-refractivity contribution in [1.82, 2.24) is 14.8 Å². The monoisotopic (exact) mass is 312 g/mol. The molecule has 0 aliphatic rings. The van der Waals surface area contributed by atoms with Gasteiger partial charge in [-0.1, -0.05) is 18.5 Å². The van der Waals surface area contributed by atoms with Gasteiger partial charge in [0.05, 0.1) is 17.9 Å². The number of nitrogens with zero attached hydrogens (tertiary/aromatic N) is 3. The van der Waals surface area contributed by atoms with Crippen molar-refractivity contribution in [2.75, 3.05) is 5.32 Å². The predicted octanol–water partition coefficient (Wildman–Crippen LogP) is 3.24. The lowest BCUT2D eigenvalue weighted by molar-refractivity contribution is 0.568. The van der Waals surface area contributed by atoms with E-state index in [9.17, 15) is 4.79 Å². The highest BCUT2D eigenvalue weighted by molar-refractivity contribution is 7.09. The van der Waals surface area contributed by atoms with Gasteiger partial charge in [-0.15, -0.1) is 11.3 Å². The molecule has 7 heteroatoms. The number of aromatic nitrogens is 3. The molecule has 2 heterocycles. The van der Waals surface area contributed by atoms with Crippen LogP contribution in [0.4, 0.5) is 5.69 Å². The van der Waals surface area contributed by atoms with E-state index in [0.29, 0.717) is 12.2 Å². The van der Waals surface area contributed by atoms with Gasteiger partial charge in [0.25, 0.3) is 5.56 Å². The van der Waals surface area contributed by atoms with E-state index in [1.807, 2.05) is 26.2 Å². The summed E-state index contributed by atoms with van der Waals surface area (Å²) in [5.41, 5.74) is 1.27. The van der Waals surface area contributed by atoms with Crippen LogP contribution in [0.3, 0.4) is 0 Å². The standard InChI is InChI=1S/C13H17ClN4OS/c1-4-5-18-13(19)11(14)10(6-15-18)17-9(3)12-16-8(2)7-20-12/h6-7,9,17H,4-5H2,1-3H3. The van der Waals surface area contributed by atoms with Crippen LogP contribution < -0.4 is 10.9 Å². The van der Waals surface area contributed by atoms with Gasteiger partial charge in [0.2, 0.25) is 0 Å². The zero-order valence-corrected chi connectivity index (χ0v) is 13.3. The minimum absolute atomic E-state index is 0.0191. The van der Waals surface area contributed by atoms with Gasteiger partial charge in [-0.3, -0.25) is 4.79 Å². The maximum Gasteiger partial charge on any atom is 0.287 e. The molecule has 0 spiro atoms. The third-order valence-electron chi connectivity index (χ3n) is 2.80. The van der Waals surface area contributed by atoms with Gasteiger partial charge in [-0.25, -0.2) is 9.67 Å². The predicted molar refractivity (Wildman–Crippen MR) is 82.7 cm³/mol. The highest BCUT2D eigenvalue weighted by atomic mass is 35.5. The van der Waals surface area contributed by atoms with Gasteiger partial charge in [0, 0.05) is 17.6 Å². The molecule has 20 heavy (non-hydrogen) atoms. The third-order valence-corrected chi connectivity index (χ3v) is 4.31. The summed E-state index contributed by atoms with van der Waals surface area (Å²) in [7, 11) is 0. The zero-order chi connectivity index (χ0) is 14.7. The summed E-state index contributed by atoms with van der Waals surface area (Å²) in [5.74, 6) is 0. The first kappa shape index (κ1) is 15.0. The fourth-order valence-corrected chi connectivity index (χ4v) is 2.81. The van der Waals surface area contributed by atoms with E-state index in [2.05, 4.69) is 15.4 Å². The minimum Gasteiger partial charge on any atom is -0.373 e. The second-order valence-electron chi connectivity index (χ2n) is 4.59. The van der Waals surface area contributed by atoms with Crippen LogP contribution in [-0.2, 0) is 6.54 Å². The Balaban J connectivity index is 2.22.